The molecule has 0 aliphatic carbocycles. The summed E-state index contributed by atoms with van der Waals surface area (Å²) in [5, 5.41) is 0. The van der Waals surface area contributed by atoms with Crippen LogP contribution in [0, 0.1) is 5.82 Å². The molecule has 26 heavy (non-hydrogen) atoms. The molecule has 4 nitrogen and oxygen atoms in total. The smallest absolute Gasteiger partial charge is 0.243 e. The van der Waals surface area contributed by atoms with Crippen LogP contribution in [-0.4, -0.2) is 38.9 Å². The minimum atomic E-state index is -3.44. The van der Waals surface area contributed by atoms with E-state index in [0.717, 1.165) is 30.8 Å². The van der Waals surface area contributed by atoms with Crippen LogP contribution >= 0.6 is 0 Å². The first kappa shape index (κ1) is 19.0. The van der Waals surface area contributed by atoms with Crippen LogP contribution in [0.1, 0.15) is 30.9 Å². The lowest BCUT2D eigenvalue weighted by Gasteiger charge is -2.31. The highest BCUT2D eigenvalue weighted by molar-refractivity contribution is 7.89. The number of hydrogen-bond donors (Lipinski definition) is 1. The Hall–Kier alpha value is -1.76. The van der Waals surface area contributed by atoms with Gasteiger partial charge in [0.05, 0.1) is 31.1 Å². The zero-order chi connectivity index (χ0) is 18.7. The van der Waals surface area contributed by atoms with Crippen LogP contribution in [0.3, 0.4) is 0 Å². The second-order valence-electron chi connectivity index (χ2n) is 7.18. The number of nitrogens with one attached hydrogen (secondary N) is 1. The van der Waals surface area contributed by atoms with Crippen molar-refractivity contribution < 1.29 is 17.7 Å². The van der Waals surface area contributed by atoms with Gasteiger partial charge in [0.25, 0.3) is 0 Å². The molecule has 1 heterocycles. The highest BCUT2D eigenvalue weighted by atomic mass is 32.2. The fourth-order valence-corrected chi connectivity index (χ4v) is 4.73. The van der Waals surface area contributed by atoms with Crippen molar-refractivity contribution in [2.75, 3.05) is 26.2 Å². The molecular formula is C20H26FN2O2S+. The molecule has 140 valence electrons. The lowest BCUT2D eigenvalue weighted by Crippen LogP contribution is -3.13. The molecule has 3 rings (SSSR count). The Morgan fingerprint density at radius 3 is 2.12 bits per heavy atom. The fraction of sp³-hybridized carbons (Fsp3) is 0.400. The Labute approximate surface area is 155 Å². The molecule has 0 radical (unpaired) electrons. The predicted molar refractivity (Wildman–Crippen MR) is 100 cm³/mol. The van der Waals surface area contributed by atoms with Gasteiger partial charge in [0.2, 0.25) is 10.0 Å². The molecule has 2 aromatic carbocycles. The summed E-state index contributed by atoms with van der Waals surface area (Å²) in [6.07, 6.45) is 0. The minimum Gasteiger partial charge on any atom is -0.329 e. The van der Waals surface area contributed by atoms with E-state index in [1.165, 1.54) is 17.0 Å². The summed E-state index contributed by atoms with van der Waals surface area (Å²) in [6, 6.07) is 13.7. The van der Waals surface area contributed by atoms with E-state index in [2.05, 4.69) is 13.8 Å². The van der Waals surface area contributed by atoms with E-state index in [-0.39, 0.29) is 5.82 Å². The summed E-state index contributed by atoms with van der Waals surface area (Å²) < 4.78 is 40.3. The summed E-state index contributed by atoms with van der Waals surface area (Å²) in [6.45, 7) is 7.48. The molecule has 0 spiro atoms. The Morgan fingerprint density at radius 2 is 1.58 bits per heavy atom. The Balaban J connectivity index is 1.62. The van der Waals surface area contributed by atoms with Crippen molar-refractivity contribution in [3.05, 3.63) is 65.5 Å². The molecule has 0 saturated carbocycles. The van der Waals surface area contributed by atoms with Gasteiger partial charge in [-0.2, -0.15) is 4.31 Å². The van der Waals surface area contributed by atoms with Gasteiger partial charge in [-0.15, -0.1) is 0 Å². The highest BCUT2D eigenvalue weighted by Crippen LogP contribution is 2.20. The van der Waals surface area contributed by atoms with Gasteiger partial charge in [-0.05, 0) is 35.7 Å². The molecule has 0 bridgehead atoms. The zero-order valence-electron chi connectivity index (χ0n) is 15.3. The van der Waals surface area contributed by atoms with E-state index in [0.29, 0.717) is 23.9 Å². The fourth-order valence-electron chi connectivity index (χ4n) is 3.28. The van der Waals surface area contributed by atoms with Gasteiger partial charge in [0, 0.05) is 5.56 Å². The first-order valence-corrected chi connectivity index (χ1v) is 10.5. The van der Waals surface area contributed by atoms with Crippen LogP contribution in [0.5, 0.6) is 0 Å². The average Bonchev–Trinajstić information content (AvgIpc) is 2.64. The Morgan fingerprint density at radius 1 is 1.00 bits per heavy atom. The molecule has 1 fully saturated rings. The molecule has 1 aliphatic rings. The molecule has 1 N–H and O–H groups in total. The molecule has 2 aromatic rings. The number of hydrogen-bond acceptors (Lipinski definition) is 2. The Bertz CT molecular complexity index is 825. The third-order valence-electron chi connectivity index (χ3n) is 4.98. The third-order valence-corrected chi connectivity index (χ3v) is 6.89. The van der Waals surface area contributed by atoms with Gasteiger partial charge in [-0.1, -0.05) is 38.1 Å². The first-order chi connectivity index (χ1) is 12.4. The maximum atomic E-state index is 13.0. The number of piperazine rings is 1. The van der Waals surface area contributed by atoms with Crippen molar-refractivity contribution in [2.24, 2.45) is 0 Å². The maximum Gasteiger partial charge on any atom is 0.243 e. The number of rotatable bonds is 5. The van der Waals surface area contributed by atoms with E-state index in [4.69, 9.17) is 0 Å². The summed E-state index contributed by atoms with van der Waals surface area (Å²) in [5.41, 5.74) is 2.21. The lowest BCUT2D eigenvalue weighted by atomic mass is 10.0. The van der Waals surface area contributed by atoms with Gasteiger partial charge in [0.15, 0.2) is 0 Å². The van der Waals surface area contributed by atoms with Crippen molar-refractivity contribution >= 4 is 10.0 Å². The topological polar surface area (TPSA) is 41.8 Å². The molecule has 1 saturated heterocycles. The SMILES string of the molecule is CC(C)c1ccc(S(=O)(=O)N2CC[NH+](Cc3ccc(F)cc3)CC2)cc1. The summed E-state index contributed by atoms with van der Waals surface area (Å²) in [7, 11) is -3.44. The number of nitrogens with zero attached hydrogens (tertiary/aromatic N) is 1. The minimum absolute atomic E-state index is 0.233. The second kappa shape index (κ2) is 7.86. The van der Waals surface area contributed by atoms with Crippen LogP contribution in [0.2, 0.25) is 0 Å². The first-order valence-electron chi connectivity index (χ1n) is 9.04. The molecular weight excluding hydrogens is 351 g/mol. The molecule has 6 heteroatoms. The second-order valence-corrected chi connectivity index (χ2v) is 9.12. The normalized spacial score (nSPS) is 16.9. The van der Waals surface area contributed by atoms with Crippen molar-refractivity contribution in [1.82, 2.24) is 4.31 Å². The van der Waals surface area contributed by atoms with Gasteiger partial charge >= 0.3 is 0 Å². The van der Waals surface area contributed by atoms with Crippen molar-refractivity contribution in [2.45, 2.75) is 31.2 Å². The van der Waals surface area contributed by atoms with Crippen LogP contribution in [0.15, 0.2) is 53.4 Å². The van der Waals surface area contributed by atoms with Crippen molar-refractivity contribution in [3.8, 4) is 0 Å². The molecule has 0 aromatic heterocycles. The van der Waals surface area contributed by atoms with Crippen LogP contribution in [0.4, 0.5) is 4.39 Å². The molecule has 0 amide bonds. The number of benzene rings is 2. The summed E-state index contributed by atoms with van der Waals surface area (Å²) in [4.78, 5) is 1.68. The summed E-state index contributed by atoms with van der Waals surface area (Å²) in [5.74, 6) is 0.147. The predicted octanol–water partition coefficient (Wildman–Crippen LogP) is 2.04. The molecule has 0 atom stereocenters. The van der Waals surface area contributed by atoms with E-state index >= 15 is 0 Å². The van der Waals surface area contributed by atoms with Gasteiger partial charge in [-0.3, -0.25) is 0 Å². The van der Waals surface area contributed by atoms with Gasteiger partial charge in [-0.25, -0.2) is 12.8 Å². The average molecular weight is 378 g/mol. The van der Waals surface area contributed by atoms with E-state index in [1.807, 2.05) is 12.1 Å². The van der Waals surface area contributed by atoms with E-state index in [9.17, 15) is 12.8 Å². The monoisotopic (exact) mass is 377 g/mol. The molecule has 0 unspecified atom stereocenters. The number of halogens is 1. The van der Waals surface area contributed by atoms with E-state index in [1.54, 1.807) is 28.6 Å². The van der Waals surface area contributed by atoms with Crippen molar-refractivity contribution in [1.29, 1.82) is 0 Å². The van der Waals surface area contributed by atoms with Crippen molar-refractivity contribution in [3.63, 3.8) is 0 Å². The van der Waals surface area contributed by atoms with Gasteiger partial charge in [0.1, 0.15) is 12.4 Å². The molecule has 1 aliphatic heterocycles. The largest absolute Gasteiger partial charge is 0.329 e. The standard InChI is InChI=1S/C20H25FN2O2S/c1-16(2)18-5-9-20(10-6-18)26(24,25)23-13-11-22(12-14-23)15-17-3-7-19(21)8-4-17/h3-10,16H,11-15H2,1-2H3/p+1. The summed E-state index contributed by atoms with van der Waals surface area (Å²) >= 11 is 0. The van der Waals surface area contributed by atoms with Crippen LogP contribution in [-0.2, 0) is 16.6 Å². The number of sulfonamides is 1. The quantitative estimate of drug-likeness (QED) is 0.866. The van der Waals surface area contributed by atoms with Gasteiger partial charge < -0.3 is 4.90 Å². The lowest BCUT2D eigenvalue weighted by molar-refractivity contribution is -0.917. The van der Waals surface area contributed by atoms with E-state index < -0.39 is 10.0 Å². The Kier molecular flexibility index (Phi) is 5.75. The highest BCUT2D eigenvalue weighted by Gasteiger charge is 2.30. The number of quaternary nitrogens is 1. The zero-order valence-corrected chi connectivity index (χ0v) is 16.1. The van der Waals surface area contributed by atoms with Crippen LogP contribution in [0.25, 0.3) is 0 Å². The maximum absolute atomic E-state index is 13.0. The third kappa shape index (κ3) is 4.31. The van der Waals surface area contributed by atoms with Crippen LogP contribution < -0.4 is 4.90 Å².